The fourth-order valence-corrected chi connectivity index (χ4v) is 5.13. The van der Waals surface area contributed by atoms with Crippen molar-refractivity contribution >= 4 is 0 Å². The Morgan fingerprint density at radius 1 is 0.690 bits per heavy atom. The second kappa shape index (κ2) is 9.89. The molecular weight excluding hydrogens is 350 g/mol. The number of piperidine rings is 1. The van der Waals surface area contributed by atoms with Gasteiger partial charge >= 0.3 is 0 Å². The molecule has 3 aromatic rings. The normalized spacial score (nSPS) is 16.8. The van der Waals surface area contributed by atoms with Gasteiger partial charge in [0.15, 0.2) is 0 Å². The topological polar surface area (TPSA) is 3.24 Å². The van der Waals surface area contributed by atoms with Crippen LogP contribution in [-0.2, 0) is 0 Å². The summed E-state index contributed by atoms with van der Waals surface area (Å²) in [5.41, 5.74) is 4.41. The second-order valence-corrected chi connectivity index (χ2v) is 8.39. The highest BCUT2D eigenvalue weighted by Crippen LogP contribution is 2.40. The molecule has 0 aliphatic carbocycles. The van der Waals surface area contributed by atoms with Gasteiger partial charge in [-0.3, -0.25) is 4.90 Å². The maximum Gasteiger partial charge on any atom is 0.0348 e. The van der Waals surface area contributed by atoms with E-state index < -0.39 is 0 Å². The van der Waals surface area contributed by atoms with Crippen molar-refractivity contribution in [3.8, 4) is 0 Å². The maximum atomic E-state index is 2.74. The minimum absolute atomic E-state index is 0.501. The highest BCUT2D eigenvalue weighted by atomic mass is 15.2. The van der Waals surface area contributed by atoms with E-state index in [4.69, 9.17) is 0 Å². The molecule has 150 valence electrons. The molecule has 1 nitrogen and oxygen atoms in total. The van der Waals surface area contributed by atoms with Crippen molar-refractivity contribution in [3.63, 3.8) is 0 Å². The van der Waals surface area contributed by atoms with Gasteiger partial charge in [0.1, 0.15) is 0 Å². The SMILES string of the molecule is CCCC(c1ccccc1)N1CCC(C(c2ccccc2)c2ccccc2)CC1. The molecule has 4 rings (SSSR count). The van der Waals surface area contributed by atoms with Crippen molar-refractivity contribution in [1.29, 1.82) is 0 Å². The molecule has 0 bridgehead atoms. The molecule has 0 aromatic heterocycles. The maximum absolute atomic E-state index is 2.74. The van der Waals surface area contributed by atoms with Crippen LogP contribution in [0.5, 0.6) is 0 Å². The molecule has 1 atom stereocenters. The van der Waals surface area contributed by atoms with Gasteiger partial charge in [0.2, 0.25) is 0 Å². The highest BCUT2D eigenvalue weighted by molar-refractivity contribution is 5.33. The summed E-state index contributed by atoms with van der Waals surface area (Å²) in [5.74, 6) is 1.20. The molecule has 1 heterocycles. The molecule has 1 fully saturated rings. The number of likely N-dealkylation sites (tertiary alicyclic amines) is 1. The summed E-state index contributed by atoms with van der Waals surface area (Å²) >= 11 is 0. The van der Waals surface area contributed by atoms with Gasteiger partial charge in [-0.15, -0.1) is 0 Å². The summed E-state index contributed by atoms with van der Waals surface area (Å²) in [6.07, 6.45) is 5.01. The van der Waals surface area contributed by atoms with Crippen molar-refractivity contribution < 1.29 is 0 Å². The predicted molar refractivity (Wildman–Crippen MR) is 123 cm³/mol. The Labute approximate surface area is 176 Å². The molecule has 1 heteroatoms. The summed E-state index contributed by atoms with van der Waals surface area (Å²) in [7, 11) is 0. The van der Waals surface area contributed by atoms with Crippen LogP contribution in [0.25, 0.3) is 0 Å². The van der Waals surface area contributed by atoms with Gasteiger partial charge in [0, 0.05) is 12.0 Å². The lowest BCUT2D eigenvalue weighted by molar-refractivity contribution is 0.120. The van der Waals surface area contributed by atoms with Crippen LogP contribution in [0.1, 0.15) is 61.3 Å². The summed E-state index contributed by atoms with van der Waals surface area (Å²) in [6, 6.07) is 33.9. The molecule has 0 amide bonds. The Bertz CT molecular complexity index is 796. The Morgan fingerprint density at radius 3 is 1.59 bits per heavy atom. The van der Waals surface area contributed by atoms with Crippen molar-refractivity contribution in [3.05, 3.63) is 108 Å². The number of nitrogens with zero attached hydrogens (tertiary/aromatic N) is 1. The molecule has 0 saturated carbocycles. The Kier molecular flexibility index (Phi) is 6.79. The van der Waals surface area contributed by atoms with E-state index in [1.807, 2.05) is 0 Å². The number of benzene rings is 3. The third kappa shape index (κ3) is 4.79. The minimum Gasteiger partial charge on any atom is -0.296 e. The van der Waals surface area contributed by atoms with Crippen molar-refractivity contribution in [2.45, 2.75) is 44.6 Å². The quantitative estimate of drug-likeness (QED) is 0.421. The fourth-order valence-electron chi connectivity index (χ4n) is 5.13. The summed E-state index contributed by atoms with van der Waals surface area (Å²) in [4.78, 5) is 2.74. The zero-order valence-electron chi connectivity index (χ0n) is 17.6. The monoisotopic (exact) mass is 383 g/mol. The zero-order valence-corrected chi connectivity index (χ0v) is 17.6. The third-order valence-corrected chi connectivity index (χ3v) is 6.55. The second-order valence-electron chi connectivity index (χ2n) is 8.39. The Morgan fingerprint density at radius 2 is 1.14 bits per heavy atom. The summed E-state index contributed by atoms with van der Waals surface area (Å²) in [6.45, 7) is 4.70. The van der Waals surface area contributed by atoms with Crippen LogP contribution in [0, 0.1) is 5.92 Å². The molecule has 29 heavy (non-hydrogen) atoms. The van der Waals surface area contributed by atoms with Crippen LogP contribution in [-0.4, -0.2) is 18.0 Å². The van der Waals surface area contributed by atoms with Crippen LogP contribution in [0.15, 0.2) is 91.0 Å². The van der Waals surface area contributed by atoms with E-state index in [1.165, 1.54) is 55.5 Å². The van der Waals surface area contributed by atoms with E-state index in [0.717, 1.165) is 0 Å². The molecule has 1 aliphatic heterocycles. The molecule has 0 N–H and O–H groups in total. The largest absolute Gasteiger partial charge is 0.296 e. The number of hydrogen-bond acceptors (Lipinski definition) is 1. The average Bonchev–Trinajstić information content (AvgIpc) is 2.80. The van der Waals surface area contributed by atoms with Crippen molar-refractivity contribution in [1.82, 2.24) is 4.90 Å². The first-order chi connectivity index (χ1) is 14.4. The standard InChI is InChI=1S/C28H33N/c1-2-12-27(23-13-6-3-7-14-23)29-21-19-26(20-22-29)28(24-15-8-4-9-16-24)25-17-10-5-11-18-25/h3-11,13-18,26-28H,2,12,19-22H2,1H3. The van der Waals surface area contributed by atoms with E-state index in [2.05, 4.69) is 103 Å². The zero-order chi connectivity index (χ0) is 19.9. The Balaban J connectivity index is 1.52. The van der Waals surface area contributed by atoms with Crippen LogP contribution >= 0.6 is 0 Å². The first-order valence-electron chi connectivity index (χ1n) is 11.3. The first-order valence-corrected chi connectivity index (χ1v) is 11.3. The fraction of sp³-hybridized carbons (Fsp3) is 0.357. The van der Waals surface area contributed by atoms with Crippen molar-refractivity contribution in [2.24, 2.45) is 5.92 Å². The van der Waals surface area contributed by atoms with E-state index in [1.54, 1.807) is 0 Å². The first kappa shape index (κ1) is 19.9. The van der Waals surface area contributed by atoms with E-state index in [-0.39, 0.29) is 0 Å². The third-order valence-electron chi connectivity index (χ3n) is 6.55. The van der Waals surface area contributed by atoms with Crippen LogP contribution in [0.2, 0.25) is 0 Å². The molecule has 3 aromatic carbocycles. The smallest absolute Gasteiger partial charge is 0.0348 e. The van der Waals surface area contributed by atoms with E-state index in [9.17, 15) is 0 Å². The van der Waals surface area contributed by atoms with Crippen molar-refractivity contribution in [2.75, 3.05) is 13.1 Å². The number of hydrogen-bond donors (Lipinski definition) is 0. The molecule has 0 spiro atoms. The summed E-state index contributed by atoms with van der Waals surface area (Å²) < 4.78 is 0. The van der Waals surface area contributed by atoms with Gasteiger partial charge in [-0.2, -0.15) is 0 Å². The van der Waals surface area contributed by atoms with E-state index in [0.29, 0.717) is 17.9 Å². The molecule has 1 aliphatic rings. The Hall–Kier alpha value is -2.38. The lowest BCUT2D eigenvalue weighted by Crippen LogP contribution is -2.38. The highest BCUT2D eigenvalue weighted by Gasteiger charge is 2.31. The molecule has 0 radical (unpaired) electrons. The lowest BCUT2D eigenvalue weighted by atomic mass is 9.76. The van der Waals surface area contributed by atoms with Gasteiger partial charge in [-0.25, -0.2) is 0 Å². The van der Waals surface area contributed by atoms with Gasteiger partial charge < -0.3 is 0 Å². The lowest BCUT2D eigenvalue weighted by Gasteiger charge is -2.40. The van der Waals surface area contributed by atoms with Gasteiger partial charge in [-0.05, 0) is 55.0 Å². The molecular formula is C28H33N. The number of rotatable bonds is 7. The minimum atomic E-state index is 0.501. The van der Waals surface area contributed by atoms with Crippen LogP contribution < -0.4 is 0 Å². The molecule has 1 unspecified atom stereocenters. The predicted octanol–water partition coefficient (Wildman–Crippen LogP) is 7.07. The van der Waals surface area contributed by atoms with Gasteiger partial charge in [-0.1, -0.05) is 104 Å². The summed E-state index contributed by atoms with van der Waals surface area (Å²) in [5, 5.41) is 0. The van der Waals surface area contributed by atoms with E-state index >= 15 is 0 Å². The van der Waals surface area contributed by atoms with Crippen LogP contribution in [0.3, 0.4) is 0 Å². The average molecular weight is 384 g/mol. The van der Waals surface area contributed by atoms with Crippen LogP contribution in [0.4, 0.5) is 0 Å². The van der Waals surface area contributed by atoms with Gasteiger partial charge in [0.05, 0.1) is 0 Å². The molecule has 1 saturated heterocycles. The van der Waals surface area contributed by atoms with Gasteiger partial charge in [0.25, 0.3) is 0 Å².